The summed E-state index contributed by atoms with van der Waals surface area (Å²) in [4.78, 5) is 11.2. The predicted molar refractivity (Wildman–Crippen MR) is 51.3 cm³/mol. The Hall–Kier alpha value is -1.43. The zero-order chi connectivity index (χ0) is 10.4. The zero-order valence-corrected chi connectivity index (χ0v) is 8.18. The summed E-state index contributed by atoms with van der Waals surface area (Å²) >= 11 is 0. The van der Waals surface area contributed by atoms with Crippen molar-refractivity contribution in [1.29, 1.82) is 0 Å². The highest BCUT2D eigenvalue weighted by Gasteiger charge is 2.09. The summed E-state index contributed by atoms with van der Waals surface area (Å²) in [5.41, 5.74) is 5.53. The minimum Gasteiger partial charge on any atom is -0.353 e. The number of carbonyl (C=O) groups is 1. The van der Waals surface area contributed by atoms with E-state index in [4.69, 9.17) is 5.73 Å². The van der Waals surface area contributed by atoms with Crippen LogP contribution in [0, 0.1) is 0 Å². The maximum absolute atomic E-state index is 11.2. The third kappa shape index (κ3) is 3.14. The summed E-state index contributed by atoms with van der Waals surface area (Å²) in [5, 5.41) is 10.1. The van der Waals surface area contributed by atoms with E-state index in [9.17, 15) is 4.79 Å². The van der Waals surface area contributed by atoms with E-state index >= 15 is 0 Å². The van der Waals surface area contributed by atoms with Crippen molar-refractivity contribution in [3.05, 3.63) is 12.4 Å². The van der Waals surface area contributed by atoms with E-state index < -0.39 is 6.04 Å². The maximum atomic E-state index is 11.2. The van der Waals surface area contributed by atoms with Gasteiger partial charge >= 0.3 is 0 Å². The lowest BCUT2D eigenvalue weighted by molar-refractivity contribution is -0.122. The molecular formula is C8H15N5O. The van der Waals surface area contributed by atoms with Gasteiger partial charge in [0.05, 0.1) is 18.8 Å². The number of amides is 1. The van der Waals surface area contributed by atoms with Crippen LogP contribution >= 0.6 is 0 Å². The van der Waals surface area contributed by atoms with Crippen molar-refractivity contribution in [1.82, 2.24) is 20.3 Å². The molecule has 0 saturated heterocycles. The molecule has 1 aromatic rings. The van der Waals surface area contributed by atoms with Gasteiger partial charge in [0.1, 0.15) is 0 Å². The normalized spacial score (nSPS) is 12.4. The molecular weight excluding hydrogens is 182 g/mol. The minimum absolute atomic E-state index is 0.118. The Bertz CT molecular complexity index is 271. The lowest BCUT2D eigenvalue weighted by Crippen LogP contribution is -2.41. The van der Waals surface area contributed by atoms with Crippen LogP contribution in [0.15, 0.2) is 12.4 Å². The van der Waals surface area contributed by atoms with Gasteiger partial charge in [-0.3, -0.25) is 9.48 Å². The fourth-order valence-corrected chi connectivity index (χ4v) is 0.962. The van der Waals surface area contributed by atoms with Crippen LogP contribution in [-0.2, 0) is 11.3 Å². The number of hydrogen-bond acceptors (Lipinski definition) is 4. The fraction of sp³-hybridized carbons (Fsp3) is 0.625. The second-order valence-corrected chi connectivity index (χ2v) is 2.97. The summed E-state index contributed by atoms with van der Waals surface area (Å²) in [7, 11) is 0. The predicted octanol–water partition coefficient (Wildman–Crippen LogP) is -0.868. The maximum Gasteiger partial charge on any atom is 0.236 e. The lowest BCUT2D eigenvalue weighted by atomic mass is 10.2. The Morgan fingerprint density at radius 1 is 1.71 bits per heavy atom. The second kappa shape index (κ2) is 5.33. The van der Waals surface area contributed by atoms with Crippen LogP contribution in [0.1, 0.15) is 13.3 Å². The Morgan fingerprint density at radius 2 is 2.50 bits per heavy atom. The van der Waals surface area contributed by atoms with Gasteiger partial charge < -0.3 is 11.1 Å². The number of aromatic nitrogens is 3. The third-order valence-corrected chi connectivity index (χ3v) is 1.89. The highest BCUT2D eigenvalue weighted by atomic mass is 16.2. The fourth-order valence-electron chi connectivity index (χ4n) is 0.962. The SMILES string of the molecule is CCC(N)C(=O)NCCn1ccnn1. The van der Waals surface area contributed by atoms with Gasteiger partial charge in [0.15, 0.2) is 0 Å². The molecule has 1 aromatic heterocycles. The molecule has 0 saturated carbocycles. The van der Waals surface area contributed by atoms with E-state index in [0.717, 1.165) is 0 Å². The van der Waals surface area contributed by atoms with E-state index in [0.29, 0.717) is 19.5 Å². The first-order chi connectivity index (χ1) is 6.74. The number of hydrogen-bond donors (Lipinski definition) is 2. The van der Waals surface area contributed by atoms with Crippen LogP contribution < -0.4 is 11.1 Å². The molecule has 0 aromatic carbocycles. The Balaban J connectivity index is 2.18. The van der Waals surface area contributed by atoms with Crippen molar-refractivity contribution in [2.45, 2.75) is 25.9 Å². The highest BCUT2D eigenvalue weighted by Crippen LogP contribution is 1.85. The molecule has 6 nitrogen and oxygen atoms in total. The molecule has 14 heavy (non-hydrogen) atoms. The minimum atomic E-state index is -0.411. The second-order valence-electron chi connectivity index (χ2n) is 2.97. The molecule has 0 aliphatic rings. The molecule has 1 heterocycles. The highest BCUT2D eigenvalue weighted by molar-refractivity contribution is 5.81. The van der Waals surface area contributed by atoms with Crippen LogP contribution in [0.3, 0.4) is 0 Å². The molecule has 0 spiro atoms. The number of nitrogens with two attached hydrogens (primary N) is 1. The van der Waals surface area contributed by atoms with Crippen molar-refractivity contribution in [3.8, 4) is 0 Å². The van der Waals surface area contributed by atoms with Crippen LogP contribution in [-0.4, -0.2) is 33.5 Å². The van der Waals surface area contributed by atoms with Crippen molar-refractivity contribution in [2.75, 3.05) is 6.54 Å². The Morgan fingerprint density at radius 3 is 3.07 bits per heavy atom. The first-order valence-corrected chi connectivity index (χ1v) is 4.61. The number of nitrogens with zero attached hydrogens (tertiary/aromatic N) is 3. The largest absolute Gasteiger partial charge is 0.353 e. The van der Waals surface area contributed by atoms with Gasteiger partial charge in [0.2, 0.25) is 5.91 Å². The molecule has 1 unspecified atom stereocenters. The summed E-state index contributed by atoms with van der Waals surface area (Å²) in [5.74, 6) is -0.118. The van der Waals surface area contributed by atoms with E-state index in [2.05, 4.69) is 15.6 Å². The van der Waals surface area contributed by atoms with Crippen molar-refractivity contribution in [2.24, 2.45) is 5.73 Å². The van der Waals surface area contributed by atoms with Gasteiger partial charge in [0.25, 0.3) is 0 Å². The van der Waals surface area contributed by atoms with E-state index in [1.54, 1.807) is 17.1 Å². The number of rotatable bonds is 5. The van der Waals surface area contributed by atoms with E-state index in [1.807, 2.05) is 6.92 Å². The molecule has 0 aliphatic carbocycles. The standard InChI is InChI=1S/C8H15N5O/c1-2-7(9)8(14)10-3-5-13-6-4-11-12-13/h4,6-7H,2-3,5,9H2,1H3,(H,10,14). The molecule has 78 valence electrons. The Labute approximate surface area is 82.5 Å². The summed E-state index contributed by atoms with van der Waals surface area (Å²) in [6, 6.07) is -0.411. The van der Waals surface area contributed by atoms with Crippen LogP contribution in [0.5, 0.6) is 0 Å². The lowest BCUT2D eigenvalue weighted by Gasteiger charge is -2.09. The van der Waals surface area contributed by atoms with Crippen molar-refractivity contribution >= 4 is 5.91 Å². The third-order valence-electron chi connectivity index (χ3n) is 1.89. The average Bonchev–Trinajstić information content (AvgIpc) is 2.69. The molecule has 0 fully saturated rings. The summed E-state index contributed by atoms with van der Waals surface area (Å²) < 4.78 is 1.65. The molecule has 1 rings (SSSR count). The van der Waals surface area contributed by atoms with Gasteiger partial charge in [-0.2, -0.15) is 0 Å². The van der Waals surface area contributed by atoms with Gasteiger partial charge in [-0.25, -0.2) is 0 Å². The molecule has 0 bridgehead atoms. The Kier molecular flexibility index (Phi) is 4.06. The van der Waals surface area contributed by atoms with Crippen LogP contribution in [0.4, 0.5) is 0 Å². The monoisotopic (exact) mass is 197 g/mol. The molecule has 1 atom stereocenters. The number of nitrogens with one attached hydrogen (secondary N) is 1. The van der Waals surface area contributed by atoms with Gasteiger partial charge in [-0.05, 0) is 6.42 Å². The van der Waals surface area contributed by atoms with Crippen molar-refractivity contribution in [3.63, 3.8) is 0 Å². The summed E-state index contributed by atoms with van der Waals surface area (Å²) in [6.45, 7) is 3.01. The first-order valence-electron chi connectivity index (χ1n) is 4.61. The molecule has 3 N–H and O–H groups in total. The quantitative estimate of drug-likeness (QED) is 0.642. The van der Waals surface area contributed by atoms with Crippen LogP contribution in [0.2, 0.25) is 0 Å². The molecule has 0 aliphatic heterocycles. The average molecular weight is 197 g/mol. The van der Waals surface area contributed by atoms with E-state index in [1.165, 1.54) is 0 Å². The van der Waals surface area contributed by atoms with E-state index in [-0.39, 0.29) is 5.91 Å². The van der Waals surface area contributed by atoms with Crippen LogP contribution in [0.25, 0.3) is 0 Å². The zero-order valence-electron chi connectivity index (χ0n) is 8.18. The number of carbonyl (C=O) groups excluding carboxylic acids is 1. The molecule has 1 amide bonds. The van der Waals surface area contributed by atoms with Gasteiger partial charge in [0, 0.05) is 12.7 Å². The van der Waals surface area contributed by atoms with Crippen molar-refractivity contribution < 1.29 is 4.79 Å². The van der Waals surface area contributed by atoms with Gasteiger partial charge in [-0.1, -0.05) is 12.1 Å². The topological polar surface area (TPSA) is 85.8 Å². The molecule has 0 radical (unpaired) electrons. The summed E-state index contributed by atoms with van der Waals surface area (Å²) in [6.07, 6.45) is 3.99. The first kappa shape index (κ1) is 10.6. The molecule has 6 heteroatoms. The van der Waals surface area contributed by atoms with Gasteiger partial charge in [-0.15, -0.1) is 5.10 Å². The smallest absolute Gasteiger partial charge is 0.236 e.